The van der Waals surface area contributed by atoms with Gasteiger partial charge in [-0.05, 0) is 79.9 Å². The molecule has 0 aliphatic carbocycles. The predicted octanol–water partition coefficient (Wildman–Crippen LogP) is 6.41. The highest BCUT2D eigenvalue weighted by molar-refractivity contribution is 6.11. The molecule has 2 amide bonds. The van der Waals surface area contributed by atoms with E-state index in [-0.39, 0.29) is 30.4 Å². The maximum atomic E-state index is 14.9. The molecule has 0 radical (unpaired) electrons. The molecule has 0 bridgehead atoms. The summed E-state index contributed by atoms with van der Waals surface area (Å²) in [6.45, 7) is 8.26. The first-order valence-electron chi connectivity index (χ1n) is 17.3. The molecule has 10 nitrogen and oxygen atoms in total. The van der Waals surface area contributed by atoms with E-state index in [2.05, 4.69) is 23.1 Å². The number of rotatable bonds is 7. The Morgan fingerprint density at radius 2 is 1.51 bits per heavy atom. The van der Waals surface area contributed by atoms with Gasteiger partial charge in [0.2, 0.25) is 6.79 Å². The minimum atomic E-state index is -0.252. The Kier molecular flexibility index (Phi) is 8.71. The second-order valence-corrected chi connectivity index (χ2v) is 13.4. The largest absolute Gasteiger partial charge is 0.508 e. The highest BCUT2D eigenvalue weighted by Crippen LogP contribution is 2.39. The molecule has 260 valence electrons. The molecule has 10 heteroatoms. The number of fused-ring (bicyclic) bond motifs is 2. The van der Waals surface area contributed by atoms with E-state index in [1.165, 1.54) is 5.56 Å². The fourth-order valence-corrected chi connectivity index (χ4v) is 7.28. The Labute approximate surface area is 297 Å². The van der Waals surface area contributed by atoms with E-state index < -0.39 is 0 Å². The average molecular weight is 685 g/mol. The Balaban J connectivity index is 1.18. The number of phenolic OH excluding ortho intramolecular Hbond substituents is 1. The maximum Gasteiger partial charge on any atom is 0.264 e. The third-order valence-electron chi connectivity index (χ3n) is 10.0. The van der Waals surface area contributed by atoms with Gasteiger partial charge in [-0.25, -0.2) is 0 Å². The summed E-state index contributed by atoms with van der Waals surface area (Å²) in [4.78, 5) is 35.4. The van der Waals surface area contributed by atoms with Crippen molar-refractivity contribution in [3.63, 3.8) is 0 Å². The molecule has 0 unspecified atom stereocenters. The van der Waals surface area contributed by atoms with Crippen LogP contribution in [0.2, 0.25) is 0 Å². The smallest absolute Gasteiger partial charge is 0.264 e. The number of benzene rings is 4. The molecular weight excluding hydrogens is 644 g/mol. The summed E-state index contributed by atoms with van der Waals surface area (Å²) in [6.07, 6.45) is 2.54. The predicted molar refractivity (Wildman–Crippen MR) is 193 cm³/mol. The molecular formula is C41H40N4O6. The van der Waals surface area contributed by atoms with Gasteiger partial charge in [0.1, 0.15) is 5.75 Å². The molecule has 1 aromatic heterocycles. The zero-order valence-electron chi connectivity index (χ0n) is 28.7. The molecule has 8 rings (SSSR count). The van der Waals surface area contributed by atoms with Crippen LogP contribution in [0, 0.1) is 13.8 Å². The maximum absolute atomic E-state index is 14.9. The molecule has 1 fully saturated rings. The molecule has 1 atom stereocenters. The molecule has 51 heavy (non-hydrogen) atoms. The van der Waals surface area contributed by atoms with E-state index in [9.17, 15) is 14.7 Å². The number of aromatic hydroxyl groups is 1. The van der Waals surface area contributed by atoms with Gasteiger partial charge in [-0.1, -0.05) is 42.0 Å². The zero-order chi connectivity index (χ0) is 35.1. The highest BCUT2D eigenvalue weighted by Gasteiger charge is 2.35. The summed E-state index contributed by atoms with van der Waals surface area (Å²) in [5.74, 6) is 0.812. The van der Waals surface area contributed by atoms with Gasteiger partial charge in [0.05, 0.1) is 30.0 Å². The lowest BCUT2D eigenvalue weighted by molar-refractivity contribution is 0.0192. The normalized spacial score (nSPS) is 16.9. The summed E-state index contributed by atoms with van der Waals surface area (Å²) in [5, 5.41) is 9.98. The van der Waals surface area contributed by atoms with Gasteiger partial charge in [0.25, 0.3) is 11.8 Å². The van der Waals surface area contributed by atoms with E-state index in [0.29, 0.717) is 59.4 Å². The van der Waals surface area contributed by atoms with Gasteiger partial charge >= 0.3 is 0 Å². The van der Waals surface area contributed by atoms with Crippen LogP contribution in [0.4, 0.5) is 11.4 Å². The van der Waals surface area contributed by atoms with Crippen molar-refractivity contribution in [1.82, 2.24) is 14.4 Å². The van der Waals surface area contributed by atoms with Crippen LogP contribution >= 0.6 is 0 Å². The van der Waals surface area contributed by atoms with Crippen LogP contribution in [0.5, 0.6) is 17.2 Å². The number of ether oxygens (including phenoxy) is 3. The minimum Gasteiger partial charge on any atom is -0.508 e. The molecule has 4 heterocycles. The van der Waals surface area contributed by atoms with Gasteiger partial charge in [-0.15, -0.1) is 0 Å². The number of anilines is 2. The van der Waals surface area contributed by atoms with Crippen molar-refractivity contribution < 1.29 is 28.9 Å². The van der Waals surface area contributed by atoms with Crippen LogP contribution < -0.4 is 14.4 Å². The van der Waals surface area contributed by atoms with Gasteiger partial charge in [0, 0.05) is 61.6 Å². The van der Waals surface area contributed by atoms with Crippen LogP contribution in [0.25, 0.3) is 5.69 Å². The van der Waals surface area contributed by atoms with Crippen LogP contribution in [0.3, 0.4) is 0 Å². The number of carbonyl (C=O) groups is 2. The SMILES string of the molecule is Cc1ccc(N(C(=O)c2cc(C)n(-c3cc4c(cc3C(=O)N3Cc5ccccc5C[C@H]3CN3CCOCC3)OCO4)c2)c2ccc(O)cc2)cc1. The first-order valence-corrected chi connectivity index (χ1v) is 17.3. The topological polar surface area (TPSA) is 96.7 Å². The number of hydrogen-bond acceptors (Lipinski definition) is 7. The van der Waals surface area contributed by atoms with Crippen molar-refractivity contribution in [2.24, 2.45) is 0 Å². The Bertz CT molecular complexity index is 2040. The Morgan fingerprint density at radius 1 is 0.843 bits per heavy atom. The van der Waals surface area contributed by atoms with Gasteiger partial charge < -0.3 is 28.8 Å². The highest BCUT2D eigenvalue weighted by atomic mass is 16.7. The fraction of sp³-hybridized carbons (Fsp3) is 0.268. The monoisotopic (exact) mass is 684 g/mol. The first kappa shape index (κ1) is 32.6. The molecule has 5 aromatic rings. The second kappa shape index (κ2) is 13.6. The standard InChI is InChI=1S/C41H40N4O6/c1-27-7-9-32(10-8-27)45(33-11-13-35(46)14-12-33)40(47)31-19-28(2)43(24-31)37-22-39-38(50-26-51-39)21-36(37)41(48)44-23-30-6-4-3-5-29(30)20-34(44)25-42-15-17-49-18-16-42/h3-14,19,21-22,24,34,46H,15-18,20,23,25-26H2,1-2H3/t34-/m0/s1. The summed E-state index contributed by atoms with van der Waals surface area (Å²) >= 11 is 0. The van der Waals surface area contributed by atoms with E-state index in [4.69, 9.17) is 14.2 Å². The third kappa shape index (κ3) is 6.44. The minimum absolute atomic E-state index is 0.0416. The number of aromatic nitrogens is 1. The summed E-state index contributed by atoms with van der Waals surface area (Å²) < 4.78 is 19.1. The quantitative estimate of drug-likeness (QED) is 0.212. The van der Waals surface area contributed by atoms with Crippen molar-refractivity contribution in [3.8, 4) is 22.9 Å². The molecule has 1 saturated heterocycles. The Morgan fingerprint density at radius 3 is 2.24 bits per heavy atom. The summed E-state index contributed by atoms with van der Waals surface area (Å²) in [6, 6.07) is 28.1. The lowest BCUT2D eigenvalue weighted by Gasteiger charge is -2.40. The summed E-state index contributed by atoms with van der Waals surface area (Å²) in [7, 11) is 0. The van der Waals surface area contributed by atoms with Gasteiger partial charge in [-0.2, -0.15) is 0 Å². The van der Waals surface area contributed by atoms with E-state index >= 15 is 0 Å². The first-order chi connectivity index (χ1) is 24.8. The number of phenols is 1. The Hall–Kier alpha value is -5.58. The molecule has 0 saturated carbocycles. The van der Waals surface area contributed by atoms with Gasteiger partial charge in [0.15, 0.2) is 11.5 Å². The van der Waals surface area contributed by atoms with E-state index in [1.54, 1.807) is 41.4 Å². The molecule has 3 aliphatic heterocycles. The van der Waals surface area contributed by atoms with Crippen molar-refractivity contribution in [1.29, 1.82) is 0 Å². The van der Waals surface area contributed by atoms with Crippen LogP contribution in [0.1, 0.15) is 43.1 Å². The number of carbonyl (C=O) groups excluding carboxylic acids is 2. The molecule has 0 spiro atoms. The molecule has 3 aliphatic rings. The number of aryl methyl sites for hydroxylation is 2. The third-order valence-corrected chi connectivity index (χ3v) is 10.0. The number of nitrogens with zero attached hydrogens (tertiary/aromatic N) is 4. The van der Waals surface area contributed by atoms with E-state index in [1.807, 2.05) is 65.8 Å². The van der Waals surface area contributed by atoms with Crippen molar-refractivity contribution >= 4 is 23.2 Å². The van der Waals surface area contributed by atoms with Gasteiger partial charge in [-0.3, -0.25) is 19.4 Å². The molecule has 4 aromatic carbocycles. The average Bonchev–Trinajstić information content (AvgIpc) is 3.78. The summed E-state index contributed by atoms with van der Waals surface area (Å²) in [5.41, 5.74) is 7.07. The zero-order valence-corrected chi connectivity index (χ0v) is 28.7. The number of hydrogen-bond donors (Lipinski definition) is 1. The molecule has 1 N–H and O–H groups in total. The second-order valence-electron chi connectivity index (χ2n) is 13.4. The van der Waals surface area contributed by atoms with E-state index in [0.717, 1.165) is 42.9 Å². The van der Waals surface area contributed by atoms with Crippen molar-refractivity contribution in [3.05, 3.63) is 131 Å². The van der Waals surface area contributed by atoms with Crippen LogP contribution in [-0.2, 0) is 17.7 Å². The van der Waals surface area contributed by atoms with Crippen LogP contribution in [0.15, 0.2) is 97.2 Å². The lowest BCUT2D eigenvalue weighted by Crippen LogP contribution is -2.52. The van der Waals surface area contributed by atoms with Crippen molar-refractivity contribution in [2.45, 2.75) is 32.9 Å². The van der Waals surface area contributed by atoms with Crippen LogP contribution in [-0.4, -0.2) is 77.0 Å². The lowest BCUT2D eigenvalue weighted by atomic mass is 9.92. The van der Waals surface area contributed by atoms with Crippen molar-refractivity contribution in [2.75, 3.05) is 44.5 Å². The number of amides is 2. The fourth-order valence-electron chi connectivity index (χ4n) is 7.28. The number of morpholine rings is 1.